The number of hydrogen-bond donors (Lipinski definition) is 0. The second-order valence-corrected chi connectivity index (χ2v) is 14.5. The molecule has 11 rings (SSSR count). The molecule has 0 fully saturated rings. The van der Waals surface area contributed by atoms with Crippen LogP contribution in [0.2, 0.25) is 0 Å². The van der Waals surface area contributed by atoms with Crippen molar-refractivity contribution >= 4 is 16.3 Å². The van der Waals surface area contributed by atoms with E-state index in [1.807, 2.05) is 18.2 Å². The maximum Gasteiger partial charge on any atom is 0.164 e. The van der Waals surface area contributed by atoms with E-state index in [0.29, 0.717) is 17.5 Å². The van der Waals surface area contributed by atoms with Crippen molar-refractivity contribution in [3.8, 4) is 39.7 Å². The van der Waals surface area contributed by atoms with Gasteiger partial charge in [-0.3, -0.25) is 0 Å². The van der Waals surface area contributed by atoms with E-state index in [1.165, 1.54) is 38.8 Å². The Labute approximate surface area is 314 Å². The summed E-state index contributed by atoms with van der Waals surface area (Å²) in [5, 5.41) is 2.35. The third-order valence-corrected chi connectivity index (χ3v) is 11.6. The van der Waals surface area contributed by atoms with Crippen molar-refractivity contribution in [2.45, 2.75) is 31.1 Å². The monoisotopic (exact) mass is 693 g/mol. The average Bonchev–Trinajstić information content (AvgIpc) is 3.54. The molecule has 6 aromatic carbocycles. The summed E-state index contributed by atoms with van der Waals surface area (Å²) in [5.74, 6) is 3.91. The fourth-order valence-electron chi connectivity index (χ4n) is 9.26. The Hall–Kier alpha value is -6.65. The molecule has 54 heavy (non-hydrogen) atoms. The van der Waals surface area contributed by atoms with Crippen LogP contribution in [-0.4, -0.2) is 15.0 Å². The first kappa shape index (κ1) is 30.9. The molecule has 0 atom stereocenters. The van der Waals surface area contributed by atoms with Gasteiger partial charge in [-0.15, -0.1) is 0 Å². The van der Waals surface area contributed by atoms with Crippen molar-refractivity contribution in [1.82, 2.24) is 15.0 Å². The Morgan fingerprint density at radius 3 is 1.96 bits per heavy atom. The second-order valence-electron chi connectivity index (χ2n) is 14.5. The highest BCUT2D eigenvalue weighted by Gasteiger charge is 2.52. The molecule has 0 unspecified atom stereocenters. The summed E-state index contributed by atoms with van der Waals surface area (Å²) in [6.45, 7) is 0. The van der Waals surface area contributed by atoms with Crippen LogP contribution in [0.25, 0.3) is 50.2 Å². The third-order valence-electron chi connectivity index (χ3n) is 11.6. The molecular weight excluding hydrogens is 659 g/mol. The maximum atomic E-state index is 7.12. The van der Waals surface area contributed by atoms with Crippen LogP contribution in [-0.2, 0) is 5.41 Å². The molecule has 4 aliphatic rings. The zero-order chi connectivity index (χ0) is 35.6. The van der Waals surface area contributed by atoms with Gasteiger partial charge in [-0.05, 0) is 82.0 Å². The van der Waals surface area contributed by atoms with Gasteiger partial charge in [-0.1, -0.05) is 152 Å². The molecule has 0 bridgehead atoms. The van der Waals surface area contributed by atoms with Gasteiger partial charge >= 0.3 is 0 Å². The summed E-state index contributed by atoms with van der Waals surface area (Å²) in [5.41, 5.74) is 12.6. The highest BCUT2D eigenvalue weighted by atomic mass is 16.5. The molecule has 4 nitrogen and oxygen atoms in total. The van der Waals surface area contributed by atoms with Crippen molar-refractivity contribution in [2.24, 2.45) is 0 Å². The van der Waals surface area contributed by atoms with Crippen LogP contribution in [0.3, 0.4) is 0 Å². The molecule has 3 aliphatic carbocycles. The summed E-state index contributed by atoms with van der Waals surface area (Å²) in [4.78, 5) is 15.6. The molecule has 7 aromatic rings. The Morgan fingerprint density at radius 2 is 1.17 bits per heavy atom. The van der Waals surface area contributed by atoms with E-state index in [4.69, 9.17) is 19.7 Å². The van der Waals surface area contributed by atoms with Crippen LogP contribution in [0.1, 0.15) is 48.2 Å². The molecule has 4 heteroatoms. The van der Waals surface area contributed by atoms with E-state index >= 15 is 0 Å². The molecule has 1 aromatic heterocycles. The molecular formula is C50H35N3O. The lowest BCUT2D eigenvalue weighted by Gasteiger charge is -2.43. The molecule has 2 heterocycles. The largest absolute Gasteiger partial charge is 0.456 e. The summed E-state index contributed by atoms with van der Waals surface area (Å²) < 4.78 is 7.12. The number of para-hydroxylation sites is 1. The number of hydrogen-bond acceptors (Lipinski definition) is 4. The quantitative estimate of drug-likeness (QED) is 0.184. The number of nitrogens with zero attached hydrogens (tertiary/aromatic N) is 3. The zero-order valence-corrected chi connectivity index (χ0v) is 29.7. The second kappa shape index (κ2) is 12.2. The van der Waals surface area contributed by atoms with Crippen molar-refractivity contribution in [3.63, 3.8) is 0 Å². The molecule has 0 radical (unpaired) electrons. The van der Waals surface area contributed by atoms with Gasteiger partial charge in [0.2, 0.25) is 0 Å². The third kappa shape index (κ3) is 4.59. The first-order valence-corrected chi connectivity index (χ1v) is 18.9. The molecule has 0 saturated heterocycles. The number of ether oxygens (including phenoxy) is 1. The van der Waals surface area contributed by atoms with Crippen molar-refractivity contribution < 1.29 is 4.74 Å². The van der Waals surface area contributed by atoms with Gasteiger partial charge in [-0.25, -0.2) is 15.0 Å². The van der Waals surface area contributed by atoms with Crippen LogP contribution < -0.4 is 4.74 Å². The van der Waals surface area contributed by atoms with Gasteiger partial charge < -0.3 is 4.74 Å². The number of fused-ring (bicyclic) bond motifs is 9. The van der Waals surface area contributed by atoms with Crippen LogP contribution in [0.15, 0.2) is 186 Å². The number of rotatable bonds is 4. The molecule has 0 N–H and O–H groups in total. The number of aromatic nitrogens is 3. The highest BCUT2D eigenvalue weighted by molar-refractivity contribution is 5.89. The minimum absolute atomic E-state index is 0.452. The van der Waals surface area contributed by atoms with E-state index < -0.39 is 5.41 Å². The topological polar surface area (TPSA) is 47.9 Å². The summed E-state index contributed by atoms with van der Waals surface area (Å²) in [7, 11) is 0. The lowest BCUT2D eigenvalue weighted by atomic mass is 9.63. The zero-order valence-electron chi connectivity index (χ0n) is 29.7. The molecule has 1 aliphatic heterocycles. The average molecular weight is 694 g/mol. The van der Waals surface area contributed by atoms with Gasteiger partial charge in [0, 0.05) is 27.8 Å². The molecule has 0 amide bonds. The smallest absolute Gasteiger partial charge is 0.164 e. The van der Waals surface area contributed by atoms with E-state index in [9.17, 15) is 0 Å². The summed E-state index contributed by atoms with van der Waals surface area (Å²) >= 11 is 0. The fourth-order valence-corrected chi connectivity index (χ4v) is 9.26. The lowest BCUT2D eigenvalue weighted by Crippen LogP contribution is -2.36. The van der Waals surface area contributed by atoms with Crippen molar-refractivity contribution in [2.75, 3.05) is 0 Å². The van der Waals surface area contributed by atoms with Crippen molar-refractivity contribution in [1.29, 1.82) is 0 Å². The van der Waals surface area contributed by atoms with Crippen LogP contribution in [0, 0.1) is 0 Å². The van der Waals surface area contributed by atoms with Gasteiger partial charge in [0.25, 0.3) is 0 Å². The first-order chi connectivity index (χ1) is 26.8. The van der Waals surface area contributed by atoms with E-state index in [-0.39, 0.29) is 0 Å². The highest BCUT2D eigenvalue weighted by Crippen LogP contribution is 2.62. The predicted molar refractivity (Wildman–Crippen MR) is 217 cm³/mol. The number of allylic oxidation sites excluding steroid dienone is 6. The Balaban J connectivity index is 1.14. The van der Waals surface area contributed by atoms with Gasteiger partial charge in [0.15, 0.2) is 17.5 Å². The number of benzene rings is 6. The standard InChI is InChI=1S/C50H35N3O/c1-2-16-33(17-3-1)47-51-48(35-30-29-32-15-4-5-18-34(32)31-35)53-49(52-47)40-22-7-6-19-36(40)39-23-14-27-44-46(39)54-45-28-13-12-26-43(45)50(44)41-24-10-8-20-37(41)38-21-9-11-25-42(38)50/h1-6,8-13,15-21,23-26,28-31H,7,14,22,27H2. The molecule has 1 spiro atoms. The SMILES string of the molecule is C1=CC(C2=CCCC3=C2Oc2ccccc2C32c3ccccc3-c3ccccc32)=C(c2nc(-c3ccccc3)nc(-c3ccc4ccccc4c3)n2)CC1. The predicted octanol–water partition coefficient (Wildman–Crippen LogP) is 11.8. The van der Waals surface area contributed by atoms with Gasteiger partial charge in [0.05, 0.1) is 5.41 Å². The van der Waals surface area contributed by atoms with E-state index in [2.05, 4.69) is 146 Å². The van der Waals surface area contributed by atoms with E-state index in [0.717, 1.165) is 70.4 Å². The van der Waals surface area contributed by atoms with Crippen molar-refractivity contribution in [3.05, 3.63) is 209 Å². The minimum Gasteiger partial charge on any atom is -0.456 e. The molecule has 256 valence electrons. The van der Waals surface area contributed by atoms with Gasteiger partial charge in [0.1, 0.15) is 11.5 Å². The first-order valence-electron chi connectivity index (χ1n) is 18.9. The Bertz CT molecular complexity index is 2760. The van der Waals surface area contributed by atoms with Crippen LogP contribution in [0.4, 0.5) is 0 Å². The van der Waals surface area contributed by atoms with Crippen LogP contribution >= 0.6 is 0 Å². The van der Waals surface area contributed by atoms with E-state index in [1.54, 1.807) is 0 Å². The summed E-state index contributed by atoms with van der Waals surface area (Å²) in [6.07, 6.45) is 10.5. The Morgan fingerprint density at radius 1 is 0.519 bits per heavy atom. The summed E-state index contributed by atoms with van der Waals surface area (Å²) in [6, 6.07) is 51.7. The lowest BCUT2D eigenvalue weighted by molar-refractivity contribution is 0.382. The Kier molecular flexibility index (Phi) is 6.99. The fraction of sp³-hybridized carbons (Fsp3) is 0.100. The normalized spacial score (nSPS) is 16.4. The maximum absolute atomic E-state index is 7.12. The van der Waals surface area contributed by atoms with Gasteiger partial charge in [-0.2, -0.15) is 0 Å². The molecule has 0 saturated carbocycles. The minimum atomic E-state index is -0.452. The van der Waals surface area contributed by atoms with Crippen LogP contribution in [0.5, 0.6) is 5.75 Å².